The summed E-state index contributed by atoms with van der Waals surface area (Å²) in [4.78, 5) is 8.38. The third-order valence-corrected chi connectivity index (χ3v) is 3.62. The van der Waals surface area contributed by atoms with Crippen molar-refractivity contribution < 1.29 is 5.11 Å². The smallest absolute Gasteiger partial charge is 0.254 e. The largest absolute Gasteiger partial charge is 0.493 e. The van der Waals surface area contributed by atoms with Crippen LogP contribution in [0.5, 0.6) is 5.88 Å². The Bertz CT molecular complexity index is 949. The molecule has 1 N–H and O–H groups in total. The van der Waals surface area contributed by atoms with Gasteiger partial charge in [-0.15, -0.1) is 0 Å². The second kappa shape index (κ2) is 5.96. The van der Waals surface area contributed by atoms with Crippen LogP contribution in [-0.2, 0) is 0 Å². The van der Waals surface area contributed by atoms with E-state index in [1.54, 1.807) is 18.5 Å². The molecule has 0 saturated carbocycles. The Balaban J connectivity index is 1.71. The molecule has 2 heterocycles. The Morgan fingerprint density at radius 3 is 2.21 bits per heavy atom. The average Bonchev–Trinajstić information content (AvgIpc) is 3.17. The Kier molecular flexibility index (Phi) is 3.51. The Hall–Kier alpha value is -3.47. The van der Waals surface area contributed by atoms with E-state index in [1.807, 2.05) is 42.5 Å². The second-order valence-electron chi connectivity index (χ2n) is 5.21. The zero-order chi connectivity index (χ0) is 16.4. The van der Waals surface area contributed by atoms with Gasteiger partial charge in [-0.2, -0.15) is 10.1 Å². The molecule has 2 aromatic heterocycles. The minimum Gasteiger partial charge on any atom is -0.493 e. The monoisotopic (exact) mass is 313 g/mol. The van der Waals surface area contributed by atoms with E-state index in [4.69, 9.17) is 0 Å². The van der Waals surface area contributed by atoms with E-state index < -0.39 is 0 Å². The van der Waals surface area contributed by atoms with Crippen molar-refractivity contribution >= 4 is 0 Å². The number of aromatic hydroxyl groups is 1. The van der Waals surface area contributed by atoms with E-state index in [1.165, 1.54) is 4.68 Å². The Labute approximate surface area is 138 Å². The summed E-state index contributed by atoms with van der Waals surface area (Å²) in [5.74, 6) is 0.0935. The molecule has 0 aliphatic rings. The lowest BCUT2D eigenvalue weighted by molar-refractivity contribution is 0.449. The van der Waals surface area contributed by atoms with Crippen molar-refractivity contribution in [1.82, 2.24) is 19.7 Å². The van der Waals surface area contributed by atoms with Gasteiger partial charge in [-0.25, -0.2) is 9.67 Å². The van der Waals surface area contributed by atoms with Crippen LogP contribution < -0.4 is 0 Å². The molecule has 0 aliphatic heterocycles. The number of hydrogen-bond donors (Lipinski definition) is 1. The van der Waals surface area contributed by atoms with Crippen LogP contribution in [0.15, 0.2) is 73.1 Å². The first-order valence-electron chi connectivity index (χ1n) is 7.46. The maximum absolute atomic E-state index is 9.84. The van der Waals surface area contributed by atoms with Crippen molar-refractivity contribution in [3.05, 3.63) is 79.1 Å². The predicted molar refractivity (Wildman–Crippen MR) is 90.5 cm³/mol. The van der Waals surface area contributed by atoms with Crippen molar-refractivity contribution in [3.8, 4) is 34.2 Å². The van der Waals surface area contributed by atoms with E-state index in [0.29, 0.717) is 11.6 Å². The molecule has 0 bridgehead atoms. The lowest BCUT2D eigenvalue weighted by Gasteiger charge is -2.06. The molecular formula is C19H13N4O. The summed E-state index contributed by atoms with van der Waals surface area (Å²) >= 11 is 0. The summed E-state index contributed by atoms with van der Waals surface area (Å²) < 4.78 is 1.50. The number of aromatic nitrogens is 4. The minimum absolute atomic E-state index is 0.211. The van der Waals surface area contributed by atoms with E-state index >= 15 is 0 Å². The highest BCUT2D eigenvalue weighted by molar-refractivity contribution is 5.68. The standard InChI is InChI=1S/C19H13N4O/c24-18-13-17(21-19(22-18)23-12-4-11-20-23)16-9-7-15(8-10-16)14-5-2-1-3-6-14/h1-12H,(H,21,22,24). The zero-order valence-corrected chi connectivity index (χ0v) is 12.7. The van der Waals surface area contributed by atoms with Crippen molar-refractivity contribution in [3.63, 3.8) is 0 Å². The topological polar surface area (TPSA) is 63.8 Å². The number of rotatable bonds is 3. The third kappa shape index (κ3) is 2.75. The predicted octanol–water partition coefficient (Wildman–Crippen LogP) is 3.50. The highest BCUT2D eigenvalue weighted by Gasteiger charge is 2.09. The second-order valence-corrected chi connectivity index (χ2v) is 5.21. The van der Waals surface area contributed by atoms with Crippen molar-refractivity contribution in [2.24, 2.45) is 0 Å². The first-order chi connectivity index (χ1) is 11.8. The Morgan fingerprint density at radius 1 is 0.792 bits per heavy atom. The van der Waals surface area contributed by atoms with Gasteiger partial charge in [-0.1, -0.05) is 54.6 Å². The maximum atomic E-state index is 9.84. The third-order valence-electron chi connectivity index (χ3n) is 3.62. The molecule has 0 saturated heterocycles. The van der Waals surface area contributed by atoms with Crippen molar-refractivity contribution in [2.45, 2.75) is 0 Å². The summed E-state index contributed by atoms with van der Waals surface area (Å²) in [7, 11) is 0. The highest BCUT2D eigenvalue weighted by atomic mass is 16.3. The van der Waals surface area contributed by atoms with Gasteiger partial charge in [0.1, 0.15) is 0 Å². The van der Waals surface area contributed by atoms with Crippen LogP contribution in [-0.4, -0.2) is 24.9 Å². The molecule has 0 amide bonds. The summed E-state index contributed by atoms with van der Waals surface area (Å²) in [5, 5.41) is 13.9. The van der Waals surface area contributed by atoms with Crippen LogP contribution in [0.25, 0.3) is 28.3 Å². The van der Waals surface area contributed by atoms with Crippen molar-refractivity contribution in [1.29, 1.82) is 0 Å². The van der Waals surface area contributed by atoms with Crippen LogP contribution in [0.3, 0.4) is 0 Å². The van der Waals surface area contributed by atoms with Gasteiger partial charge in [0.25, 0.3) is 5.95 Å². The summed E-state index contributed by atoms with van der Waals surface area (Å²) in [6, 6.07) is 22.6. The molecule has 0 aliphatic carbocycles. The molecule has 115 valence electrons. The first-order valence-corrected chi connectivity index (χ1v) is 7.46. The van der Waals surface area contributed by atoms with Crippen molar-refractivity contribution in [2.75, 3.05) is 0 Å². The van der Waals surface area contributed by atoms with Crippen LogP contribution >= 0.6 is 0 Å². The van der Waals surface area contributed by atoms with E-state index in [9.17, 15) is 5.11 Å². The molecular weight excluding hydrogens is 300 g/mol. The fourth-order valence-corrected chi connectivity index (χ4v) is 2.46. The average molecular weight is 313 g/mol. The highest BCUT2D eigenvalue weighted by Crippen LogP contribution is 2.25. The molecule has 4 aromatic rings. The van der Waals surface area contributed by atoms with E-state index in [2.05, 4.69) is 33.3 Å². The van der Waals surface area contributed by atoms with Gasteiger partial charge in [0.05, 0.1) is 11.8 Å². The zero-order valence-electron chi connectivity index (χ0n) is 12.7. The molecule has 1 radical (unpaired) electrons. The SMILES string of the molecule is Oc1[c]c(-c2ccc(-c3ccccc3)cc2)nc(-n2cccn2)n1. The van der Waals surface area contributed by atoms with Crippen LogP contribution in [0, 0.1) is 6.07 Å². The summed E-state index contributed by atoms with van der Waals surface area (Å²) in [6.07, 6.45) is 3.35. The molecule has 4 rings (SSSR count). The number of hydrogen-bond acceptors (Lipinski definition) is 4. The quantitative estimate of drug-likeness (QED) is 0.629. The summed E-state index contributed by atoms with van der Waals surface area (Å²) in [6.45, 7) is 0. The molecule has 0 atom stereocenters. The van der Waals surface area contributed by atoms with E-state index in [0.717, 1.165) is 16.7 Å². The molecule has 0 unspecified atom stereocenters. The molecule has 5 nitrogen and oxygen atoms in total. The number of nitrogens with zero attached hydrogens (tertiary/aromatic N) is 4. The first kappa shape index (κ1) is 14.1. The fraction of sp³-hybridized carbons (Fsp3) is 0. The molecule has 24 heavy (non-hydrogen) atoms. The van der Waals surface area contributed by atoms with Crippen LogP contribution in [0.4, 0.5) is 0 Å². The van der Waals surface area contributed by atoms with Crippen LogP contribution in [0.1, 0.15) is 0 Å². The lowest BCUT2D eigenvalue weighted by Crippen LogP contribution is -2.02. The van der Waals surface area contributed by atoms with Crippen LogP contribution in [0.2, 0.25) is 0 Å². The fourth-order valence-electron chi connectivity index (χ4n) is 2.46. The van der Waals surface area contributed by atoms with Gasteiger partial charge < -0.3 is 5.11 Å². The maximum Gasteiger partial charge on any atom is 0.254 e. The minimum atomic E-state index is -0.211. The molecule has 0 fully saturated rings. The van der Waals surface area contributed by atoms with Gasteiger partial charge in [0.15, 0.2) is 0 Å². The Morgan fingerprint density at radius 2 is 1.50 bits per heavy atom. The van der Waals surface area contributed by atoms with Gasteiger partial charge >= 0.3 is 0 Å². The molecule has 0 spiro atoms. The normalized spacial score (nSPS) is 10.7. The van der Waals surface area contributed by atoms with Gasteiger partial charge in [0, 0.05) is 18.0 Å². The van der Waals surface area contributed by atoms with Gasteiger partial charge in [-0.05, 0) is 17.2 Å². The van der Waals surface area contributed by atoms with Gasteiger partial charge in [-0.3, -0.25) is 0 Å². The molecule has 2 aromatic carbocycles. The number of benzene rings is 2. The van der Waals surface area contributed by atoms with Gasteiger partial charge in [0.2, 0.25) is 5.88 Å². The van der Waals surface area contributed by atoms with E-state index in [-0.39, 0.29) is 5.88 Å². The lowest BCUT2D eigenvalue weighted by atomic mass is 10.0. The molecule has 5 heteroatoms. The summed E-state index contributed by atoms with van der Waals surface area (Å²) in [5.41, 5.74) is 3.63.